The van der Waals surface area contributed by atoms with Crippen LogP contribution in [0.25, 0.3) is 0 Å². The molecule has 1 aliphatic heterocycles. The highest BCUT2D eigenvalue weighted by atomic mass is 19.3. The third-order valence-corrected chi connectivity index (χ3v) is 9.33. The first-order valence-electron chi connectivity index (χ1n) is 12.9. The first-order valence-corrected chi connectivity index (χ1v) is 12.9. The van der Waals surface area contributed by atoms with E-state index in [1.165, 1.54) is 25.7 Å². The van der Waals surface area contributed by atoms with Crippen LogP contribution in [-0.2, 0) is 0 Å². The lowest BCUT2D eigenvalue weighted by Crippen LogP contribution is -2.40. The number of alkyl halides is 2. The van der Waals surface area contributed by atoms with Gasteiger partial charge in [0.1, 0.15) is 0 Å². The average Bonchev–Trinajstić information content (AvgIpc) is 3.29. The number of likely N-dealkylation sites (tertiary alicyclic amines) is 1. The molecule has 0 aromatic rings. The van der Waals surface area contributed by atoms with Crippen LogP contribution in [0.1, 0.15) is 78.6 Å². The normalized spacial score (nSPS) is 42.5. The zero-order valence-electron chi connectivity index (χ0n) is 20.2. The molecule has 0 aromatic heterocycles. The molecule has 32 heavy (non-hydrogen) atoms. The highest BCUT2D eigenvalue weighted by molar-refractivity contribution is 5.26. The molecule has 1 saturated heterocycles. The lowest BCUT2D eigenvalue weighted by molar-refractivity contribution is -0.0360. The largest absolute Gasteiger partial charge is 0.393 e. The van der Waals surface area contributed by atoms with Gasteiger partial charge in [0, 0.05) is 19.0 Å². The molecule has 0 spiro atoms. The Bertz CT molecular complexity index is 718. The van der Waals surface area contributed by atoms with Gasteiger partial charge in [0.05, 0.1) is 12.2 Å². The van der Waals surface area contributed by atoms with Gasteiger partial charge < -0.3 is 15.1 Å². The van der Waals surface area contributed by atoms with E-state index in [1.807, 2.05) is 0 Å². The Hall–Kier alpha value is -0.780. The van der Waals surface area contributed by atoms with Gasteiger partial charge in [-0.3, -0.25) is 0 Å². The summed E-state index contributed by atoms with van der Waals surface area (Å²) < 4.78 is 27.5. The van der Waals surface area contributed by atoms with Gasteiger partial charge in [-0.1, -0.05) is 37.1 Å². The fourth-order valence-electron chi connectivity index (χ4n) is 7.69. The summed E-state index contributed by atoms with van der Waals surface area (Å²) in [6.45, 7) is 8.19. The number of aliphatic hydroxyl groups is 2. The molecule has 0 radical (unpaired) electrons. The molecule has 0 aromatic carbocycles. The van der Waals surface area contributed by atoms with Crippen LogP contribution in [0.15, 0.2) is 23.3 Å². The van der Waals surface area contributed by atoms with E-state index in [1.54, 1.807) is 5.57 Å². The molecule has 1 heterocycles. The predicted octanol–water partition coefficient (Wildman–Crippen LogP) is 5.57. The average molecular weight is 452 g/mol. The molecule has 4 rings (SSSR count). The lowest BCUT2D eigenvalue weighted by Gasteiger charge is -2.45. The summed E-state index contributed by atoms with van der Waals surface area (Å²) in [5, 5.41) is 20.0. The summed E-state index contributed by atoms with van der Waals surface area (Å²) in [5.41, 5.74) is 3.00. The van der Waals surface area contributed by atoms with Crippen LogP contribution in [0.5, 0.6) is 0 Å². The summed E-state index contributed by atoms with van der Waals surface area (Å²) >= 11 is 0. The minimum Gasteiger partial charge on any atom is -0.393 e. The maximum absolute atomic E-state index is 13.7. The molecular formula is C27H43F2NO2. The summed E-state index contributed by atoms with van der Waals surface area (Å²) in [6, 6.07) is 0. The van der Waals surface area contributed by atoms with Crippen molar-refractivity contribution in [1.82, 2.24) is 4.90 Å². The number of nitrogens with zero attached hydrogens (tertiary/aromatic N) is 1. The number of allylic oxidation sites excluding steroid dienone is 3. The van der Waals surface area contributed by atoms with Gasteiger partial charge in [0.15, 0.2) is 0 Å². The Morgan fingerprint density at radius 3 is 2.53 bits per heavy atom. The SMILES string of the molecule is C[C@@H](CN1CC[C@H](C(C)(F)F)C1)[C@H]1CC[C@H]2C(=CC=C3C[C@@H](O)C[C@@H](O)C3)CCC[C@]12C. The summed E-state index contributed by atoms with van der Waals surface area (Å²) in [5.74, 6) is -1.29. The maximum Gasteiger partial charge on any atom is 0.249 e. The molecule has 4 fully saturated rings. The second-order valence-electron chi connectivity index (χ2n) is 11.8. The Balaban J connectivity index is 1.41. The fraction of sp³-hybridized carbons (Fsp3) is 0.852. The van der Waals surface area contributed by atoms with E-state index in [2.05, 4.69) is 30.9 Å². The van der Waals surface area contributed by atoms with Gasteiger partial charge >= 0.3 is 0 Å². The molecule has 0 unspecified atom stereocenters. The smallest absolute Gasteiger partial charge is 0.249 e. The van der Waals surface area contributed by atoms with E-state index in [-0.39, 0.29) is 0 Å². The van der Waals surface area contributed by atoms with Gasteiger partial charge in [-0.25, -0.2) is 8.78 Å². The Morgan fingerprint density at radius 1 is 1.16 bits per heavy atom. The number of aliphatic hydroxyl groups excluding tert-OH is 2. The van der Waals surface area contributed by atoms with E-state index in [0.717, 1.165) is 32.0 Å². The van der Waals surface area contributed by atoms with E-state index in [9.17, 15) is 19.0 Å². The minimum atomic E-state index is -2.57. The Kier molecular flexibility index (Phi) is 7.20. The molecule has 3 saturated carbocycles. The van der Waals surface area contributed by atoms with Crippen LogP contribution in [0, 0.1) is 29.1 Å². The van der Waals surface area contributed by atoms with Crippen molar-refractivity contribution in [3.8, 4) is 0 Å². The second kappa shape index (κ2) is 9.46. The van der Waals surface area contributed by atoms with Gasteiger partial charge in [-0.15, -0.1) is 0 Å². The van der Waals surface area contributed by atoms with Crippen LogP contribution in [0.2, 0.25) is 0 Å². The van der Waals surface area contributed by atoms with Crippen molar-refractivity contribution in [3.63, 3.8) is 0 Å². The van der Waals surface area contributed by atoms with Crippen molar-refractivity contribution < 1.29 is 19.0 Å². The number of hydrogen-bond acceptors (Lipinski definition) is 3. The highest BCUT2D eigenvalue weighted by Crippen LogP contribution is 2.59. The zero-order valence-corrected chi connectivity index (χ0v) is 20.2. The van der Waals surface area contributed by atoms with E-state index in [4.69, 9.17) is 0 Å². The van der Waals surface area contributed by atoms with Crippen LogP contribution >= 0.6 is 0 Å². The van der Waals surface area contributed by atoms with E-state index in [0.29, 0.717) is 55.4 Å². The molecule has 0 amide bonds. The molecule has 4 aliphatic rings. The second-order valence-corrected chi connectivity index (χ2v) is 11.8. The number of fused-ring (bicyclic) bond motifs is 1. The minimum absolute atomic E-state index is 0.293. The van der Waals surface area contributed by atoms with Gasteiger partial charge in [-0.2, -0.15) is 0 Å². The number of hydrogen-bond donors (Lipinski definition) is 2. The maximum atomic E-state index is 13.7. The Morgan fingerprint density at radius 2 is 1.88 bits per heavy atom. The van der Waals surface area contributed by atoms with Gasteiger partial charge in [0.25, 0.3) is 0 Å². The molecule has 5 heteroatoms. The molecular weight excluding hydrogens is 408 g/mol. The van der Waals surface area contributed by atoms with E-state index >= 15 is 0 Å². The zero-order chi connectivity index (χ0) is 23.1. The standard InChI is InChI=1S/C27H43F2NO2/c1-18(16-30-12-10-21(17-30)27(3,28)29)24-8-9-25-20(5-4-11-26(24,25)2)7-6-19-13-22(31)15-23(32)14-19/h6-7,18,21-25,31-32H,4-5,8-17H2,1-3H3/t18-,21-,22-,23+,24+,25-,26+/m0/s1. The van der Waals surface area contributed by atoms with Gasteiger partial charge in [0.2, 0.25) is 5.92 Å². The van der Waals surface area contributed by atoms with Crippen LogP contribution < -0.4 is 0 Å². The number of halogens is 2. The van der Waals surface area contributed by atoms with Crippen LogP contribution in [-0.4, -0.2) is 52.9 Å². The molecule has 3 aliphatic carbocycles. The molecule has 7 atom stereocenters. The van der Waals surface area contributed by atoms with Crippen molar-refractivity contribution in [2.24, 2.45) is 29.1 Å². The third-order valence-electron chi connectivity index (χ3n) is 9.33. The predicted molar refractivity (Wildman–Crippen MR) is 125 cm³/mol. The first kappa shape index (κ1) is 24.3. The highest BCUT2D eigenvalue weighted by Gasteiger charge is 2.51. The Labute approximate surface area is 193 Å². The summed E-state index contributed by atoms with van der Waals surface area (Å²) in [6.07, 6.45) is 12.2. The third kappa shape index (κ3) is 5.15. The molecule has 182 valence electrons. The van der Waals surface area contributed by atoms with E-state index < -0.39 is 24.0 Å². The first-order chi connectivity index (χ1) is 15.1. The van der Waals surface area contributed by atoms with Crippen molar-refractivity contribution in [3.05, 3.63) is 23.3 Å². The fourth-order valence-corrected chi connectivity index (χ4v) is 7.69. The van der Waals surface area contributed by atoms with Crippen molar-refractivity contribution >= 4 is 0 Å². The summed E-state index contributed by atoms with van der Waals surface area (Å²) in [7, 11) is 0. The summed E-state index contributed by atoms with van der Waals surface area (Å²) in [4.78, 5) is 2.28. The lowest BCUT2D eigenvalue weighted by atomic mass is 9.61. The van der Waals surface area contributed by atoms with Crippen molar-refractivity contribution in [2.75, 3.05) is 19.6 Å². The van der Waals surface area contributed by atoms with Crippen LogP contribution in [0.4, 0.5) is 8.78 Å². The molecule has 0 bridgehead atoms. The quantitative estimate of drug-likeness (QED) is 0.574. The van der Waals surface area contributed by atoms with Crippen molar-refractivity contribution in [2.45, 2.75) is 96.7 Å². The van der Waals surface area contributed by atoms with Gasteiger partial charge in [-0.05, 0) is 94.4 Å². The van der Waals surface area contributed by atoms with Crippen molar-refractivity contribution in [1.29, 1.82) is 0 Å². The number of rotatable bonds is 5. The van der Waals surface area contributed by atoms with Crippen LogP contribution in [0.3, 0.4) is 0 Å². The monoisotopic (exact) mass is 451 g/mol. The molecule has 2 N–H and O–H groups in total. The topological polar surface area (TPSA) is 43.7 Å². The molecule has 3 nitrogen and oxygen atoms in total.